The van der Waals surface area contributed by atoms with E-state index in [2.05, 4.69) is 0 Å². The van der Waals surface area contributed by atoms with Crippen LogP contribution in [0.4, 0.5) is 0 Å². The lowest BCUT2D eigenvalue weighted by Gasteiger charge is -2.46. The van der Waals surface area contributed by atoms with Crippen molar-refractivity contribution in [2.24, 2.45) is 0 Å². The third-order valence-electron chi connectivity index (χ3n) is 5.86. The summed E-state index contributed by atoms with van der Waals surface area (Å²) in [6.07, 6.45) is -15.1. The van der Waals surface area contributed by atoms with Gasteiger partial charge in [-0.05, 0) is 6.92 Å². The predicted molar refractivity (Wildman–Crippen MR) is 107 cm³/mol. The van der Waals surface area contributed by atoms with Crippen molar-refractivity contribution in [1.29, 1.82) is 0 Å². The molecule has 2 heterocycles. The van der Waals surface area contributed by atoms with Crippen molar-refractivity contribution >= 4 is 5.78 Å². The zero-order chi connectivity index (χ0) is 23.6. The van der Waals surface area contributed by atoms with Crippen molar-refractivity contribution < 1.29 is 54.8 Å². The molecular formula is C21H30O11. The highest BCUT2D eigenvalue weighted by Gasteiger charge is 2.50. The lowest BCUT2D eigenvalue weighted by Crippen LogP contribution is -2.64. The molecule has 2 saturated heterocycles. The van der Waals surface area contributed by atoms with Crippen molar-refractivity contribution in [1.82, 2.24) is 0 Å². The van der Waals surface area contributed by atoms with Gasteiger partial charge in [-0.3, -0.25) is 4.79 Å². The molecule has 11 nitrogen and oxygen atoms in total. The van der Waals surface area contributed by atoms with Crippen LogP contribution in [0.25, 0.3) is 0 Å². The van der Waals surface area contributed by atoms with Crippen LogP contribution in [0.2, 0.25) is 0 Å². The van der Waals surface area contributed by atoms with Crippen molar-refractivity contribution in [2.75, 3.05) is 13.2 Å². The van der Waals surface area contributed by atoms with Crippen molar-refractivity contribution in [3.63, 3.8) is 0 Å². The van der Waals surface area contributed by atoms with E-state index in [0.717, 1.165) is 5.56 Å². The van der Waals surface area contributed by atoms with Gasteiger partial charge in [0.05, 0.1) is 19.3 Å². The number of aryl methyl sites for hydroxylation is 1. The van der Waals surface area contributed by atoms with E-state index in [0.29, 0.717) is 5.56 Å². The Morgan fingerprint density at radius 3 is 2.00 bits per heavy atom. The maximum Gasteiger partial charge on any atom is 0.187 e. The molecule has 0 saturated carbocycles. The van der Waals surface area contributed by atoms with Gasteiger partial charge in [-0.1, -0.05) is 29.8 Å². The van der Waals surface area contributed by atoms with Gasteiger partial charge in [0, 0.05) is 12.0 Å². The van der Waals surface area contributed by atoms with Gasteiger partial charge in [0.15, 0.2) is 12.1 Å². The topological polar surface area (TPSA) is 186 Å². The van der Waals surface area contributed by atoms with Crippen LogP contribution in [0.5, 0.6) is 0 Å². The first kappa shape index (κ1) is 25.1. The zero-order valence-electron chi connectivity index (χ0n) is 17.5. The van der Waals surface area contributed by atoms with E-state index in [9.17, 15) is 40.5 Å². The molecule has 7 N–H and O–H groups in total. The fourth-order valence-electron chi connectivity index (χ4n) is 3.88. The summed E-state index contributed by atoms with van der Waals surface area (Å²) in [6.45, 7) is 0.547. The number of rotatable bonds is 7. The Kier molecular flexibility index (Phi) is 8.33. The Morgan fingerprint density at radius 1 is 0.812 bits per heavy atom. The highest BCUT2D eigenvalue weighted by molar-refractivity contribution is 5.96. The summed E-state index contributed by atoms with van der Waals surface area (Å²) in [4.78, 5) is 12.6. The SMILES string of the molecule is Cc1ccc(C(=O)C[C@@H]2OC(CO)[C@@H](O[C@@H]3OC(CO)[C@H](O)C(O)C3O)C(O)C2O)cc1. The standard InChI is InChI=1S/C21H30O11/c1-9-2-4-10(5-3-9)11(24)6-12-15(25)18(28)20(14(8-23)30-12)32-21-19(29)17(27)16(26)13(7-22)31-21/h2-5,12-23,25-29H,6-8H2,1H3/t12-,13?,14?,15?,16-,17?,18?,19?,20+,21-/m0/s1. The van der Waals surface area contributed by atoms with Crippen LogP contribution in [-0.2, 0) is 14.2 Å². The molecule has 0 radical (unpaired) electrons. The maximum atomic E-state index is 12.6. The van der Waals surface area contributed by atoms with E-state index in [1.165, 1.54) is 0 Å². The quantitative estimate of drug-likeness (QED) is 0.210. The number of ketones is 1. The summed E-state index contributed by atoms with van der Waals surface area (Å²) in [6, 6.07) is 6.80. The van der Waals surface area contributed by atoms with Crippen molar-refractivity contribution in [2.45, 2.75) is 74.6 Å². The summed E-state index contributed by atoms with van der Waals surface area (Å²) in [5.41, 5.74) is 1.38. The molecule has 1 aromatic carbocycles. The fraction of sp³-hybridized carbons (Fsp3) is 0.667. The normalized spacial score (nSPS) is 40.2. The molecule has 180 valence electrons. The lowest BCUT2D eigenvalue weighted by molar-refractivity contribution is -0.341. The molecule has 0 bridgehead atoms. The first-order chi connectivity index (χ1) is 15.2. The number of benzene rings is 1. The first-order valence-corrected chi connectivity index (χ1v) is 10.4. The van der Waals surface area contributed by atoms with Crippen molar-refractivity contribution in [3.8, 4) is 0 Å². The van der Waals surface area contributed by atoms with Gasteiger partial charge in [-0.15, -0.1) is 0 Å². The number of aliphatic hydroxyl groups excluding tert-OH is 7. The lowest BCUT2D eigenvalue weighted by atomic mass is 9.91. The Hall–Kier alpha value is -1.51. The minimum absolute atomic E-state index is 0.259. The van der Waals surface area contributed by atoms with Gasteiger partial charge in [-0.25, -0.2) is 0 Å². The molecule has 11 heteroatoms. The molecule has 32 heavy (non-hydrogen) atoms. The number of carbonyl (C=O) groups is 1. The largest absolute Gasteiger partial charge is 0.394 e. The van der Waals surface area contributed by atoms with E-state index in [-0.39, 0.29) is 12.2 Å². The zero-order valence-corrected chi connectivity index (χ0v) is 17.5. The Labute approximate surface area is 184 Å². The number of aliphatic hydroxyl groups is 7. The van der Waals surface area contributed by atoms with Gasteiger partial charge in [-0.2, -0.15) is 0 Å². The predicted octanol–water partition coefficient (Wildman–Crippen LogP) is -2.77. The summed E-state index contributed by atoms with van der Waals surface area (Å²) in [5.74, 6) is -0.328. The van der Waals surface area contributed by atoms with Gasteiger partial charge < -0.3 is 50.0 Å². The molecule has 10 atom stereocenters. The summed E-state index contributed by atoms with van der Waals surface area (Å²) in [7, 11) is 0. The Morgan fingerprint density at radius 2 is 1.41 bits per heavy atom. The van der Waals surface area contributed by atoms with Gasteiger partial charge >= 0.3 is 0 Å². The molecule has 0 aliphatic carbocycles. The minimum Gasteiger partial charge on any atom is -0.394 e. The van der Waals surface area contributed by atoms with Crippen LogP contribution < -0.4 is 0 Å². The van der Waals surface area contributed by atoms with Gasteiger partial charge in [0.25, 0.3) is 0 Å². The molecule has 2 aliphatic heterocycles. The van der Waals surface area contributed by atoms with E-state index in [4.69, 9.17) is 14.2 Å². The average molecular weight is 458 g/mol. The van der Waals surface area contributed by atoms with Crippen LogP contribution in [0.3, 0.4) is 0 Å². The molecule has 3 rings (SSSR count). The molecule has 0 spiro atoms. The smallest absolute Gasteiger partial charge is 0.187 e. The fourth-order valence-corrected chi connectivity index (χ4v) is 3.88. The van der Waals surface area contributed by atoms with E-state index < -0.39 is 74.4 Å². The second kappa shape index (κ2) is 10.6. The van der Waals surface area contributed by atoms with Crippen LogP contribution >= 0.6 is 0 Å². The number of Topliss-reactive ketones (excluding diaryl/α,β-unsaturated/α-hetero) is 1. The molecule has 2 fully saturated rings. The highest BCUT2D eigenvalue weighted by atomic mass is 16.7. The first-order valence-electron chi connectivity index (χ1n) is 10.4. The van der Waals surface area contributed by atoms with E-state index in [1.807, 2.05) is 6.92 Å². The highest BCUT2D eigenvalue weighted by Crippen LogP contribution is 2.30. The Balaban J connectivity index is 1.69. The average Bonchev–Trinajstić information content (AvgIpc) is 2.79. The summed E-state index contributed by atoms with van der Waals surface area (Å²) < 4.78 is 16.4. The molecule has 6 unspecified atom stereocenters. The van der Waals surface area contributed by atoms with Gasteiger partial charge in [0.2, 0.25) is 0 Å². The van der Waals surface area contributed by atoms with Crippen LogP contribution in [-0.4, -0.2) is 116 Å². The van der Waals surface area contributed by atoms with Gasteiger partial charge in [0.1, 0.15) is 48.8 Å². The Bertz CT molecular complexity index is 753. The summed E-state index contributed by atoms with van der Waals surface area (Å²) >= 11 is 0. The van der Waals surface area contributed by atoms with Crippen LogP contribution in [0, 0.1) is 6.92 Å². The molecular weight excluding hydrogens is 428 g/mol. The molecule has 2 aliphatic rings. The third-order valence-corrected chi connectivity index (χ3v) is 5.86. The minimum atomic E-state index is -1.74. The van der Waals surface area contributed by atoms with E-state index in [1.54, 1.807) is 24.3 Å². The number of carbonyl (C=O) groups excluding carboxylic acids is 1. The number of hydrogen-bond acceptors (Lipinski definition) is 11. The van der Waals surface area contributed by atoms with Crippen LogP contribution in [0.15, 0.2) is 24.3 Å². The number of hydrogen-bond donors (Lipinski definition) is 7. The third kappa shape index (κ3) is 5.18. The molecule has 0 amide bonds. The molecule has 0 aromatic heterocycles. The maximum absolute atomic E-state index is 12.6. The van der Waals surface area contributed by atoms with Crippen LogP contribution in [0.1, 0.15) is 22.3 Å². The second-order valence-electron chi connectivity index (χ2n) is 8.17. The van der Waals surface area contributed by atoms with Crippen molar-refractivity contribution in [3.05, 3.63) is 35.4 Å². The van der Waals surface area contributed by atoms with E-state index >= 15 is 0 Å². The summed E-state index contributed by atoms with van der Waals surface area (Å²) in [5, 5.41) is 70.1. The monoisotopic (exact) mass is 458 g/mol. The second-order valence-corrected chi connectivity index (χ2v) is 8.17. The molecule has 1 aromatic rings. The number of ether oxygens (including phenoxy) is 3.